The molecule has 108 valence electrons. The molecule has 0 aliphatic rings. The highest BCUT2D eigenvalue weighted by molar-refractivity contribution is 5.81. The van der Waals surface area contributed by atoms with E-state index in [4.69, 9.17) is 5.11 Å². The number of hydrogen-bond acceptors (Lipinski definition) is 5. The number of nitrogens with zero attached hydrogens (tertiary/aromatic N) is 1. The van der Waals surface area contributed by atoms with Crippen LogP contribution in [0.2, 0.25) is 0 Å². The summed E-state index contributed by atoms with van der Waals surface area (Å²) in [5.74, 6) is -1.27. The lowest BCUT2D eigenvalue weighted by molar-refractivity contribution is -0.383. The van der Waals surface area contributed by atoms with Crippen LogP contribution >= 0.6 is 0 Å². The Morgan fingerprint density at radius 2 is 2.00 bits per heavy atom. The smallest absolute Gasteiger partial charge is 0.303 e. The summed E-state index contributed by atoms with van der Waals surface area (Å²) in [5.41, 5.74) is 0.157. The van der Waals surface area contributed by atoms with E-state index in [0.29, 0.717) is 6.42 Å². The Balaban J connectivity index is 2.38. The number of nitro benzene ring substituents is 1. The van der Waals surface area contributed by atoms with Crippen LogP contribution in [0.1, 0.15) is 12.8 Å². The summed E-state index contributed by atoms with van der Waals surface area (Å²) in [4.78, 5) is 31.9. The molecule has 0 bridgehead atoms. The highest BCUT2D eigenvalue weighted by Crippen LogP contribution is 2.22. The van der Waals surface area contributed by atoms with Gasteiger partial charge in [-0.3, -0.25) is 19.7 Å². The number of carbonyl (C=O) groups excluding carboxylic acids is 1. The van der Waals surface area contributed by atoms with Gasteiger partial charge in [-0.1, -0.05) is 12.1 Å². The molecule has 1 amide bonds. The molecule has 0 aliphatic carbocycles. The highest BCUT2D eigenvalue weighted by atomic mass is 16.6. The van der Waals surface area contributed by atoms with Crippen molar-refractivity contribution in [3.63, 3.8) is 0 Å². The molecule has 20 heavy (non-hydrogen) atoms. The van der Waals surface area contributed by atoms with Crippen LogP contribution in [0, 0.1) is 10.1 Å². The van der Waals surface area contributed by atoms with Gasteiger partial charge in [-0.2, -0.15) is 0 Å². The molecule has 0 saturated carbocycles. The van der Waals surface area contributed by atoms with Crippen LogP contribution in [0.5, 0.6) is 0 Å². The van der Waals surface area contributed by atoms with E-state index in [2.05, 4.69) is 10.6 Å². The Kier molecular flexibility index (Phi) is 5.95. The number of anilines is 1. The summed E-state index contributed by atoms with van der Waals surface area (Å²) in [6, 6.07) is 6.01. The molecule has 0 radical (unpaired) electrons. The van der Waals surface area contributed by atoms with Gasteiger partial charge in [0.2, 0.25) is 5.91 Å². The van der Waals surface area contributed by atoms with Crippen molar-refractivity contribution >= 4 is 23.3 Å². The number of hydrogen-bond donors (Lipinski definition) is 3. The standard InChI is InChI=1S/C12H15N3O5/c16-11(13-7-3-6-12(17)18)8-14-9-4-1-2-5-10(9)15(19)20/h1-2,4-5,14H,3,6-8H2,(H,13,16)(H,17,18). The van der Waals surface area contributed by atoms with E-state index < -0.39 is 10.9 Å². The largest absolute Gasteiger partial charge is 0.481 e. The number of amides is 1. The number of carboxylic acids is 1. The van der Waals surface area contributed by atoms with Gasteiger partial charge in [0, 0.05) is 19.0 Å². The number of benzene rings is 1. The van der Waals surface area contributed by atoms with Gasteiger partial charge in [0.05, 0.1) is 11.5 Å². The number of carboxylic acid groups (broad SMARTS) is 1. The lowest BCUT2D eigenvalue weighted by Crippen LogP contribution is -2.30. The van der Waals surface area contributed by atoms with Crippen LogP contribution in [0.15, 0.2) is 24.3 Å². The Hall–Kier alpha value is -2.64. The number of para-hydroxylation sites is 2. The molecule has 1 rings (SSSR count). The van der Waals surface area contributed by atoms with Crippen molar-refractivity contribution in [3.8, 4) is 0 Å². The third-order valence-corrected chi connectivity index (χ3v) is 2.43. The quantitative estimate of drug-likeness (QED) is 0.371. The van der Waals surface area contributed by atoms with Gasteiger partial charge in [0.25, 0.3) is 5.69 Å². The topological polar surface area (TPSA) is 122 Å². The second kappa shape index (κ2) is 7.72. The molecular weight excluding hydrogens is 266 g/mol. The summed E-state index contributed by atoms with van der Waals surface area (Å²) >= 11 is 0. The Morgan fingerprint density at radius 1 is 1.30 bits per heavy atom. The van der Waals surface area contributed by atoms with Crippen LogP contribution in [-0.4, -0.2) is 35.0 Å². The van der Waals surface area contributed by atoms with Gasteiger partial charge in [-0.05, 0) is 12.5 Å². The van der Waals surface area contributed by atoms with Gasteiger partial charge in [-0.15, -0.1) is 0 Å². The second-order valence-electron chi connectivity index (χ2n) is 3.98. The van der Waals surface area contributed by atoms with E-state index in [1.54, 1.807) is 6.07 Å². The van der Waals surface area contributed by atoms with Gasteiger partial charge >= 0.3 is 5.97 Å². The molecule has 0 unspecified atom stereocenters. The zero-order valence-electron chi connectivity index (χ0n) is 10.7. The summed E-state index contributed by atoms with van der Waals surface area (Å²) in [6.45, 7) is 0.140. The minimum absolute atomic E-state index is 0.0160. The molecule has 3 N–H and O–H groups in total. The van der Waals surface area contributed by atoms with E-state index in [1.165, 1.54) is 18.2 Å². The summed E-state index contributed by atoms with van der Waals surface area (Å²) in [5, 5.41) is 24.4. The lowest BCUT2D eigenvalue weighted by atomic mass is 10.2. The fourth-order valence-electron chi connectivity index (χ4n) is 1.49. The zero-order valence-corrected chi connectivity index (χ0v) is 10.7. The third-order valence-electron chi connectivity index (χ3n) is 2.43. The molecule has 0 atom stereocenters. The predicted octanol–water partition coefficient (Wildman–Crippen LogP) is 0.988. The van der Waals surface area contributed by atoms with Crippen molar-refractivity contribution in [2.24, 2.45) is 0 Å². The minimum atomic E-state index is -0.919. The molecule has 8 heteroatoms. The van der Waals surface area contributed by atoms with E-state index in [9.17, 15) is 19.7 Å². The van der Waals surface area contributed by atoms with Crippen molar-refractivity contribution in [1.29, 1.82) is 0 Å². The van der Waals surface area contributed by atoms with Crippen LogP contribution in [0.25, 0.3) is 0 Å². The van der Waals surface area contributed by atoms with Gasteiger partial charge in [0.1, 0.15) is 5.69 Å². The van der Waals surface area contributed by atoms with E-state index in [1.807, 2.05) is 0 Å². The van der Waals surface area contributed by atoms with E-state index in [0.717, 1.165) is 0 Å². The van der Waals surface area contributed by atoms with Crippen molar-refractivity contribution in [2.45, 2.75) is 12.8 Å². The number of nitrogens with one attached hydrogen (secondary N) is 2. The van der Waals surface area contributed by atoms with Gasteiger partial charge < -0.3 is 15.7 Å². The van der Waals surface area contributed by atoms with Gasteiger partial charge in [-0.25, -0.2) is 0 Å². The summed E-state index contributed by atoms with van der Waals surface area (Å²) in [6.07, 6.45) is 0.324. The molecule has 8 nitrogen and oxygen atoms in total. The SMILES string of the molecule is O=C(O)CCCNC(=O)CNc1ccccc1[N+](=O)[O-]. The highest BCUT2D eigenvalue weighted by Gasteiger charge is 2.12. The first-order chi connectivity index (χ1) is 9.50. The van der Waals surface area contributed by atoms with Crippen LogP contribution < -0.4 is 10.6 Å². The first-order valence-corrected chi connectivity index (χ1v) is 5.96. The summed E-state index contributed by atoms with van der Waals surface area (Å²) < 4.78 is 0. The van der Waals surface area contributed by atoms with Crippen LogP contribution in [-0.2, 0) is 9.59 Å². The molecule has 1 aromatic carbocycles. The minimum Gasteiger partial charge on any atom is -0.481 e. The normalized spacial score (nSPS) is 9.80. The zero-order chi connectivity index (χ0) is 15.0. The van der Waals surface area contributed by atoms with Crippen molar-refractivity contribution in [2.75, 3.05) is 18.4 Å². The maximum absolute atomic E-state index is 11.5. The van der Waals surface area contributed by atoms with Gasteiger partial charge in [0.15, 0.2) is 0 Å². The number of rotatable bonds is 8. The molecule has 0 aliphatic heterocycles. The molecular formula is C12H15N3O5. The molecule has 0 saturated heterocycles. The summed E-state index contributed by atoms with van der Waals surface area (Å²) in [7, 11) is 0. The van der Waals surface area contributed by atoms with Crippen LogP contribution in [0.4, 0.5) is 11.4 Å². The molecule has 1 aromatic rings. The lowest BCUT2D eigenvalue weighted by Gasteiger charge is -2.07. The van der Waals surface area contributed by atoms with Crippen molar-refractivity contribution < 1.29 is 19.6 Å². The predicted molar refractivity (Wildman–Crippen MR) is 71.5 cm³/mol. The molecule has 0 fully saturated rings. The second-order valence-corrected chi connectivity index (χ2v) is 3.98. The number of carbonyl (C=O) groups is 2. The Morgan fingerprint density at radius 3 is 2.65 bits per heavy atom. The fourth-order valence-corrected chi connectivity index (χ4v) is 1.49. The first-order valence-electron chi connectivity index (χ1n) is 5.96. The average Bonchev–Trinajstić information content (AvgIpc) is 2.41. The number of aliphatic carboxylic acids is 1. The molecule has 0 spiro atoms. The van der Waals surface area contributed by atoms with E-state index in [-0.39, 0.29) is 36.8 Å². The number of nitro groups is 1. The third kappa shape index (κ3) is 5.34. The van der Waals surface area contributed by atoms with E-state index >= 15 is 0 Å². The maximum atomic E-state index is 11.5. The molecule has 0 aromatic heterocycles. The van der Waals surface area contributed by atoms with Crippen molar-refractivity contribution in [1.82, 2.24) is 5.32 Å². The fraction of sp³-hybridized carbons (Fsp3) is 0.333. The molecule has 0 heterocycles. The Bertz CT molecular complexity index is 504. The van der Waals surface area contributed by atoms with Crippen molar-refractivity contribution in [3.05, 3.63) is 34.4 Å². The maximum Gasteiger partial charge on any atom is 0.303 e. The Labute approximate surface area is 114 Å². The first kappa shape index (κ1) is 15.4. The van der Waals surface area contributed by atoms with Crippen LogP contribution in [0.3, 0.4) is 0 Å². The average molecular weight is 281 g/mol. The monoisotopic (exact) mass is 281 g/mol.